The second-order valence-corrected chi connectivity index (χ2v) is 2.75. The fourth-order valence-electron chi connectivity index (χ4n) is 1.09. The molecule has 0 unspecified atom stereocenters. The summed E-state index contributed by atoms with van der Waals surface area (Å²) in [5.41, 5.74) is 0.748. The SMILES string of the molecule is Cl.O=C(O)c1cccc2oc(Cl)nc12. The molecule has 0 atom stereocenters. The van der Waals surface area contributed by atoms with E-state index in [2.05, 4.69) is 4.98 Å². The molecule has 0 saturated heterocycles. The van der Waals surface area contributed by atoms with Crippen molar-refractivity contribution in [1.29, 1.82) is 0 Å². The number of carboxylic acid groups (broad SMARTS) is 1. The third kappa shape index (κ3) is 1.66. The molecule has 0 amide bonds. The van der Waals surface area contributed by atoms with Crippen molar-refractivity contribution < 1.29 is 14.3 Å². The highest BCUT2D eigenvalue weighted by Gasteiger charge is 2.12. The lowest BCUT2D eigenvalue weighted by Crippen LogP contribution is -1.96. The summed E-state index contributed by atoms with van der Waals surface area (Å²) in [6.45, 7) is 0. The first-order valence-electron chi connectivity index (χ1n) is 3.47. The van der Waals surface area contributed by atoms with Crippen LogP contribution in [0.15, 0.2) is 22.6 Å². The van der Waals surface area contributed by atoms with E-state index in [1.807, 2.05) is 0 Å². The first-order valence-corrected chi connectivity index (χ1v) is 3.84. The molecule has 4 nitrogen and oxygen atoms in total. The lowest BCUT2D eigenvalue weighted by molar-refractivity contribution is 0.0699. The van der Waals surface area contributed by atoms with E-state index in [1.165, 1.54) is 6.07 Å². The number of aromatic carboxylic acids is 1. The van der Waals surface area contributed by atoms with Crippen LogP contribution in [0.5, 0.6) is 0 Å². The summed E-state index contributed by atoms with van der Waals surface area (Å²) in [5, 5.41) is 8.72. The van der Waals surface area contributed by atoms with Crippen LogP contribution < -0.4 is 0 Å². The number of hydrogen-bond acceptors (Lipinski definition) is 3. The summed E-state index contributed by atoms with van der Waals surface area (Å²) >= 11 is 5.49. The monoisotopic (exact) mass is 233 g/mol. The van der Waals surface area contributed by atoms with Crippen molar-refractivity contribution in [3.8, 4) is 0 Å². The van der Waals surface area contributed by atoms with Crippen LogP contribution in [-0.2, 0) is 0 Å². The van der Waals surface area contributed by atoms with Gasteiger partial charge in [0.2, 0.25) is 0 Å². The van der Waals surface area contributed by atoms with Crippen LogP contribution in [0.3, 0.4) is 0 Å². The van der Waals surface area contributed by atoms with Crippen LogP contribution in [0.4, 0.5) is 0 Å². The Bertz CT molecular complexity index is 480. The molecule has 0 aliphatic rings. The predicted octanol–water partition coefficient (Wildman–Crippen LogP) is 2.60. The van der Waals surface area contributed by atoms with Crippen LogP contribution in [0, 0.1) is 0 Å². The van der Waals surface area contributed by atoms with Gasteiger partial charge in [-0.2, -0.15) is 4.98 Å². The molecule has 14 heavy (non-hydrogen) atoms. The summed E-state index contributed by atoms with van der Waals surface area (Å²) in [7, 11) is 0. The summed E-state index contributed by atoms with van der Waals surface area (Å²) in [6, 6.07) is 4.64. The summed E-state index contributed by atoms with van der Waals surface area (Å²) < 4.78 is 4.95. The van der Waals surface area contributed by atoms with Gasteiger partial charge in [-0.25, -0.2) is 4.79 Å². The molecule has 1 aromatic carbocycles. The number of halogens is 2. The normalized spacial score (nSPS) is 9.79. The molecule has 0 fully saturated rings. The van der Waals surface area contributed by atoms with Gasteiger partial charge < -0.3 is 9.52 Å². The lowest BCUT2D eigenvalue weighted by Gasteiger charge is -1.92. The zero-order chi connectivity index (χ0) is 9.42. The highest BCUT2D eigenvalue weighted by atomic mass is 35.5. The average molecular weight is 234 g/mol. The Balaban J connectivity index is 0.000000980. The van der Waals surface area contributed by atoms with E-state index in [-0.39, 0.29) is 28.8 Å². The number of hydrogen-bond donors (Lipinski definition) is 1. The standard InChI is InChI=1S/C8H4ClNO3.ClH/c9-8-10-6-4(7(11)12)2-1-3-5(6)13-8;/h1-3H,(H,11,12);1H. The summed E-state index contributed by atoms with van der Waals surface area (Å²) in [4.78, 5) is 14.5. The quantitative estimate of drug-likeness (QED) is 0.823. The Kier molecular flexibility index (Phi) is 2.98. The molecular weight excluding hydrogens is 229 g/mol. The van der Waals surface area contributed by atoms with Crippen molar-refractivity contribution in [2.24, 2.45) is 0 Å². The van der Waals surface area contributed by atoms with Crippen LogP contribution in [0.2, 0.25) is 5.35 Å². The van der Waals surface area contributed by atoms with Gasteiger partial charge in [0.05, 0.1) is 5.56 Å². The van der Waals surface area contributed by atoms with Gasteiger partial charge in [0.15, 0.2) is 5.58 Å². The molecule has 6 heteroatoms. The second-order valence-electron chi connectivity index (χ2n) is 2.42. The molecule has 0 aliphatic carbocycles. The maximum Gasteiger partial charge on any atom is 0.338 e. The molecule has 0 aliphatic heterocycles. The smallest absolute Gasteiger partial charge is 0.338 e. The minimum atomic E-state index is -1.05. The van der Waals surface area contributed by atoms with Crippen LogP contribution in [0.1, 0.15) is 10.4 Å². The zero-order valence-corrected chi connectivity index (χ0v) is 8.30. The zero-order valence-electron chi connectivity index (χ0n) is 6.73. The largest absolute Gasteiger partial charge is 0.478 e. The van der Waals surface area contributed by atoms with Crippen LogP contribution >= 0.6 is 24.0 Å². The van der Waals surface area contributed by atoms with E-state index >= 15 is 0 Å². The highest BCUT2D eigenvalue weighted by molar-refractivity contribution is 6.28. The predicted molar refractivity (Wildman–Crippen MR) is 53.2 cm³/mol. The van der Waals surface area contributed by atoms with Gasteiger partial charge in [-0.15, -0.1) is 12.4 Å². The van der Waals surface area contributed by atoms with Crippen LogP contribution in [-0.4, -0.2) is 16.1 Å². The van der Waals surface area contributed by atoms with Crippen molar-refractivity contribution in [2.75, 3.05) is 0 Å². The van der Waals surface area contributed by atoms with E-state index in [4.69, 9.17) is 21.1 Å². The van der Waals surface area contributed by atoms with Gasteiger partial charge in [0.1, 0.15) is 5.52 Å². The fourth-order valence-corrected chi connectivity index (χ4v) is 1.26. The third-order valence-corrected chi connectivity index (χ3v) is 1.78. The van der Waals surface area contributed by atoms with Crippen molar-refractivity contribution in [3.63, 3.8) is 0 Å². The molecule has 74 valence electrons. The Morgan fingerprint density at radius 1 is 1.50 bits per heavy atom. The maximum absolute atomic E-state index is 10.7. The first-order chi connectivity index (χ1) is 6.18. The number of aromatic nitrogens is 1. The molecule has 0 radical (unpaired) electrons. The van der Waals surface area contributed by atoms with Crippen molar-refractivity contribution >= 4 is 41.1 Å². The van der Waals surface area contributed by atoms with Crippen molar-refractivity contribution in [2.45, 2.75) is 0 Å². The van der Waals surface area contributed by atoms with E-state index in [0.29, 0.717) is 5.58 Å². The topological polar surface area (TPSA) is 63.3 Å². The Hall–Kier alpha value is -1.26. The molecule has 2 aromatic rings. The number of nitrogens with zero attached hydrogens (tertiary/aromatic N) is 1. The Morgan fingerprint density at radius 2 is 2.21 bits per heavy atom. The average Bonchev–Trinajstić information content (AvgIpc) is 2.43. The van der Waals surface area contributed by atoms with Gasteiger partial charge in [-0.05, 0) is 23.7 Å². The second kappa shape index (κ2) is 3.86. The number of carboxylic acids is 1. The van der Waals surface area contributed by atoms with E-state index in [0.717, 1.165) is 0 Å². The lowest BCUT2D eigenvalue weighted by atomic mass is 10.2. The molecule has 0 saturated carbocycles. The minimum Gasteiger partial charge on any atom is -0.478 e. The number of para-hydroxylation sites is 1. The van der Waals surface area contributed by atoms with Crippen molar-refractivity contribution in [3.05, 3.63) is 29.1 Å². The van der Waals surface area contributed by atoms with Gasteiger partial charge >= 0.3 is 5.97 Å². The highest BCUT2D eigenvalue weighted by Crippen LogP contribution is 2.21. The molecular formula is C8H5Cl2NO3. The number of benzene rings is 1. The summed E-state index contributed by atoms with van der Waals surface area (Å²) in [5.74, 6) is -1.05. The van der Waals surface area contributed by atoms with Gasteiger partial charge in [-0.1, -0.05) is 6.07 Å². The van der Waals surface area contributed by atoms with Gasteiger partial charge in [-0.3, -0.25) is 0 Å². The minimum absolute atomic E-state index is 0. The fraction of sp³-hybridized carbons (Fsp3) is 0. The molecule has 0 bridgehead atoms. The maximum atomic E-state index is 10.7. The van der Waals surface area contributed by atoms with E-state index < -0.39 is 5.97 Å². The Labute approximate surface area is 89.9 Å². The summed E-state index contributed by atoms with van der Waals surface area (Å²) in [6.07, 6.45) is 0. The number of fused-ring (bicyclic) bond motifs is 1. The Morgan fingerprint density at radius 3 is 2.86 bits per heavy atom. The number of rotatable bonds is 1. The van der Waals surface area contributed by atoms with Crippen molar-refractivity contribution in [1.82, 2.24) is 4.98 Å². The van der Waals surface area contributed by atoms with Crippen LogP contribution in [0.25, 0.3) is 11.1 Å². The van der Waals surface area contributed by atoms with E-state index in [1.54, 1.807) is 12.1 Å². The molecule has 1 aromatic heterocycles. The molecule has 1 heterocycles. The first kappa shape index (κ1) is 10.8. The molecule has 0 spiro atoms. The van der Waals surface area contributed by atoms with E-state index in [9.17, 15) is 4.79 Å². The third-order valence-electron chi connectivity index (χ3n) is 1.62. The van der Waals surface area contributed by atoms with Gasteiger partial charge in [0.25, 0.3) is 5.35 Å². The number of oxazole rings is 1. The number of carbonyl (C=O) groups is 1. The van der Waals surface area contributed by atoms with Gasteiger partial charge in [0, 0.05) is 0 Å². The molecule has 1 N–H and O–H groups in total. The molecule has 2 rings (SSSR count).